The van der Waals surface area contributed by atoms with Gasteiger partial charge in [0.2, 0.25) is 5.91 Å². The Kier molecular flexibility index (Phi) is 6.44. The van der Waals surface area contributed by atoms with E-state index in [4.69, 9.17) is 10.8 Å². The molecule has 4 aromatic rings. The van der Waals surface area contributed by atoms with Crippen LogP contribution in [0.25, 0.3) is 28.2 Å². The van der Waals surface area contributed by atoms with Gasteiger partial charge in [-0.05, 0) is 52.7 Å². The number of carboxylic acid groups (broad SMARTS) is 1. The van der Waals surface area contributed by atoms with E-state index in [0.29, 0.717) is 22.4 Å². The van der Waals surface area contributed by atoms with Gasteiger partial charge < -0.3 is 16.2 Å². The molecule has 2 aromatic heterocycles. The fraction of sp³-hybridized carbons (Fsp3) is 0.130. The molecule has 0 spiro atoms. The van der Waals surface area contributed by atoms with Gasteiger partial charge in [-0.15, -0.1) is 5.10 Å². The van der Waals surface area contributed by atoms with Crippen molar-refractivity contribution in [2.45, 2.75) is 13.3 Å². The van der Waals surface area contributed by atoms with Crippen molar-refractivity contribution in [3.05, 3.63) is 66.4 Å². The fourth-order valence-electron chi connectivity index (χ4n) is 3.43. The molecule has 35 heavy (non-hydrogen) atoms. The Morgan fingerprint density at radius 2 is 1.89 bits per heavy atom. The van der Waals surface area contributed by atoms with Crippen molar-refractivity contribution in [3.63, 3.8) is 0 Å². The van der Waals surface area contributed by atoms with Gasteiger partial charge in [-0.25, -0.2) is 13.8 Å². The lowest BCUT2D eigenvalue weighted by atomic mass is 10.0. The topological polar surface area (TPSA) is 149 Å². The maximum absolute atomic E-state index is 14.3. The standard InChI is InChI=1S/C23H19F2N7O3/c1-2-15(23(34)35)22(33)28-14-8-6-12(7-9-14)13-10-16(20(26)27-11-13)21-29-30-31-32(21)18-5-3-4-17(24)19(18)25/h3-11,15H,2H2,1H3,(H2,26,27)(H,28,33)(H,34,35). The lowest BCUT2D eigenvalue weighted by molar-refractivity contribution is -0.145. The molecule has 10 nitrogen and oxygen atoms in total. The summed E-state index contributed by atoms with van der Waals surface area (Å²) in [7, 11) is 0. The maximum atomic E-state index is 14.3. The van der Waals surface area contributed by atoms with Crippen LogP contribution in [-0.4, -0.2) is 42.2 Å². The van der Waals surface area contributed by atoms with Crippen molar-refractivity contribution >= 4 is 23.4 Å². The van der Waals surface area contributed by atoms with Gasteiger partial charge in [-0.3, -0.25) is 9.59 Å². The van der Waals surface area contributed by atoms with E-state index in [1.54, 1.807) is 37.3 Å². The summed E-state index contributed by atoms with van der Waals surface area (Å²) in [4.78, 5) is 27.5. The predicted molar refractivity (Wildman–Crippen MR) is 122 cm³/mol. The molecule has 0 aliphatic carbocycles. The average Bonchev–Trinajstić information content (AvgIpc) is 3.31. The largest absolute Gasteiger partial charge is 0.481 e. The summed E-state index contributed by atoms with van der Waals surface area (Å²) in [6, 6.07) is 11.9. The molecule has 0 saturated heterocycles. The number of pyridine rings is 1. The molecule has 0 saturated carbocycles. The summed E-state index contributed by atoms with van der Waals surface area (Å²) in [6.45, 7) is 1.62. The van der Waals surface area contributed by atoms with E-state index in [-0.39, 0.29) is 23.8 Å². The molecule has 0 bridgehead atoms. The first kappa shape index (κ1) is 23.4. The number of aliphatic carboxylic acids is 1. The van der Waals surface area contributed by atoms with Gasteiger partial charge in [0, 0.05) is 17.4 Å². The third-order valence-corrected chi connectivity index (χ3v) is 5.30. The van der Waals surface area contributed by atoms with Crippen LogP contribution < -0.4 is 11.1 Å². The number of rotatable bonds is 7. The number of amides is 1. The van der Waals surface area contributed by atoms with Crippen molar-refractivity contribution in [1.82, 2.24) is 25.2 Å². The van der Waals surface area contributed by atoms with Gasteiger partial charge in [-0.2, -0.15) is 4.68 Å². The number of anilines is 2. The number of nitrogens with two attached hydrogens (primary N) is 1. The fourth-order valence-corrected chi connectivity index (χ4v) is 3.43. The molecular formula is C23H19F2N7O3. The first-order valence-corrected chi connectivity index (χ1v) is 10.4. The number of aromatic nitrogens is 5. The van der Waals surface area contributed by atoms with Crippen LogP contribution in [0.4, 0.5) is 20.3 Å². The summed E-state index contributed by atoms with van der Waals surface area (Å²) < 4.78 is 29.1. The zero-order valence-corrected chi connectivity index (χ0v) is 18.3. The van der Waals surface area contributed by atoms with Crippen molar-refractivity contribution in [1.29, 1.82) is 0 Å². The Hall–Kier alpha value is -4.74. The summed E-state index contributed by atoms with van der Waals surface area (Å²) in [5.41, 5.74) is 7.86. The zero-order valence-electron chi connectivity index (χ0n) is 18.3. The molecule has 4 rings (SSSR count). The van der Waals surface area contributed by atoms with Crippen LogP contribution in [0.3, 0.4) is 0 Å². The highest BCUT2D eigenvalue weighted by molar-refractivity contribution is 6.04. The summed E-state index contributed by atoms with van der Waals surface area (Å²) >= 11 is 0. The quantitative estimate of drug-likeness (QED) is 0.342. The summed E-state index contributed by atoms with van der Waals surface area (Å²) in [5, 5.41) is 23.0. The van der Waals surface area contributed by atoms with E-state index in [0.717, 1.165) is 10.7 Å². The molecule has 2 heterocycles. The number of nitrogen functional groups attached to an aromatic ring is 1. The third kappa shape index (κ3) is 4.67. The molecule has 0 aliphatic heterocycles. The van der Waals surface area contributed by atoms with E-state index in [2.05, 4.69) is 25.8 Å². The first-order valence-electron chi connectivity index (χ1n) is 10.4. The van der Waals surface area contributed by atoms with E-state index in [1.807, 2.05) is 0 Å². The van der Waals surface area contributed by atoms with Gasteiger partial charge in [0.25, 0.3) is 0 Å². The van der Waals surface area contributed by atoms with Crippen LogP contribution in [0.2, 0.25) is 0 Å². The van der Waals surface area contributed by atoms with Crippen LogP contribution in [0.15, 0.2) is 54.7 Å². The lowest BCUT2D eigenvalue weighted by Gasteiger charge is -2.12. The van der Waals surface area contributed by atoms with Crippen molar-refractivity contribution < 1.29 is 23.5 Å². The number of carbonyl (C=O) groups is 2. The second kappa shape index (κ2) is 9.63. The smallest absolute Gasteiger partial charge is 0.316 e. The average molecular weight is 479 g/mol. The molecule has 12 heteroatoms. The molecule has 178 valence electrons. The Labute approximate surface area is 197 Å². The minimum atomic E-state index is -1.19. The molecule has 1 amide bonds. The molecule has 1 unspecified atom stereocenters. The van der Waals surface area contributed by atoms with Gasteiger partial charge in [0.1, 0.15) is 17.4 Å². The number of nitrogens with zero attached hydrogens (tertiary/aromatic N) is 5. The molecule has 0 radical (unpaired) electrons. The third-order valence-electron chi connectivity index (χ3n) is 5.30. The number of carbonyl (C=O) groups excluding carboxylic acids is 1. The Morgan fingerprint density at radius 3 is 2.57 bits per heavy atom. The van der Waals surface area contributed by atoms with E-state index >= 15 is 0 Å². The number of halogens is 2. The van der Waals surface area contributed by atoms with Crippen molar-refractivity contribution in [2.75, 3.05) is 11.1 Å². The Balaban J connectivity index is 1.64. The van der Waals surface area contributed by atoms with E-state index in [1.165, 1.54) is 18.3 Å². The number of nitrogens with one attached hydrogen (secondary N) is 1. The number of benzene rings is 2. The van der Waals surface area contributed by atoms with Crippen LogP contribution in [0.5, 0.6) is 0 Å². The summed E-state index contributed by atoms with van der Waals surface area (Å²) in [5.74, 6) is -4.98. The molecule has 0 fully saturated rings. The number of hydrogen-bond acceptors (Lipinski definition) is 7. The normalized spacial score (nSPS) is 11.7. The monoisotopic (exact) mass is 479 g/mol. The lowest BCUT2D eigenvalue weighted by Crippen LogP contribution is -2.28. The van der Waals surface area contributed by atoms with Gasteiger partial charge in [0.05, 0.1) is 5.56 Å². The summed E-state index contributed by atoms with van der Waals surface area (Å²) in [6.07, 6.45) is 1.68. The molecule has 2 aromatic carbocycles. The van der Waals surface area contributed by atoms with Crippen LogP contribution >= 0.6 is 0 Å². The van der Waals surface area contributed by atoms with E-state index in [9.17, 15) is 18.4 Å². The highest BCUT2D eigenvalue weighted by Gasteiger charge is 2.24. The number of tetrazole rings is 1. The molecular weight excluding hydrogens is 460 g/mol. The van der Waals surface area contributed by atoms with Gasteiger partial charge in [-0.1, -0.05) is 25.1 Å². The van der Waals surface area contributed by atoms with Crippen LogP contribution in [0, 0.1) is 17.6 Å². The second-order valence-corrected chi connectivity index (χ2v) is 7.51. The van der Waals surface area contributed by atoms with E-state index < -0.39 is 29.4 Å². The number of hydrogen-bond donors (Lipinski definition) is 3. The number of carboxylic acids is 1. The zero-order chi connectivity index (χ0) is 25.1. The SMILES string of the molecule is CCC(C(=O)O)C(=O)Nc1ccc(-c2cnc(N)c(-c3nnnn3-c3cccc(F)c3F)c2)cc1. The first-order chi connectivity index (χ1) is 16.8. The van der Waals surface area contributed by atoms with Gasteiger partial charge >= 0.3 is 5.97 Å². The molecule has 4 N–H and O–H groups in total. The predicted octanol–water partition coefficient (Wildman–Crippen LogP) is 3.30. The highest BCUT2D eigenvalue weighted by atomic mass is 19.2. The highest BCUT2D eigenvalue weighted by Crippen LogP contribution is 2.30. The molecule has 0 aliphatic rings. The Bertz CT molecular complexity index is 1410. The van der Waals surface area contributed by atoms with Crippen molar-refractivity contribution in [2.24, 2.45) is 5.92 Å². The van der Waals surface area contributed by atoms with Crippen LogP contribution in [-0.2, 0) is 9.59 Å². The van der Waals surface area contributed by atoms with Crippen LogP contribution in [0.1, 0.15) is 13.3 Å². The second-order valence-electron chi connectivity index (χ2n) is 7.51. The maximum Gasteiger partial charge on any atom is 0.316 e. The van der Waals surface area contributed by atoms with Gasteiger partial charge in [0.15, 0.2) is 17.5 Å². The van der Waals surface area contributed by atoms with Crippen molar-refractivity contribution in [3.8, 4) is 28.2 Å². The minimum absolute atomic E-state index is 0.0597. The Morgan fingerprint density at radius 1 is 1.14 bits per heavy atom. The minimum Gasteiger partial charge on any atom is -0.481 e. The molecule has 1 atom stereocenters.